The summed E-state index contributed by atoms with van der Waals surface area (Å²) in [5, 5.41) is 6.96. The molecule has 1 N–H and O–H groups in total. The van der Waals surface area contributed by atoms with E-state index in [4.69, 9.17) is 0 Å². The number of nitrogens with zero attached hydrogens (tertiary/aromatic N) is 1. The molecule has 0 radical (unpaired) electrons. The Labute approximate surface area is 78.7 Å². The van der Waals surface area contributed by atoms with Crippen LogP contribution in [0.15, 0.2) is 24.3 Å². The van der Waals surface area contributed by atoms with Gasteiger partial charge in [-0.05, 0) is 6.07 Å². The third-order valence-corrected chi connectivity index (χ3v) is 1.89. The van der Waals surface area contributed by atoms with Crippen molar-refractivity contribution < 1.29 is 13.9 Å². The highest BCUT2D eigenvalue weighted by molar-refractivity contribution is 5.81. The fourth-order valence-electron chi connectivity index (χ4n) is 1.27. The van der Waals surface area contributed by atoms with Crippen LogP contribution in [-0.2, 0) is 9.53 Å². The van der Waals surface area contributed by atoms with E-state index in [0.717, 1.165) is 0 Å². The molecule has 14 heavy (non-hydrogen) atoms. The lowest BCUT2D eigenvalue weighted by Gasteiger charge is -2.02. The molecule has 2 aromatic rings. The molecule has 1 heterocycles. The van der Waals surface area contributed by atoms with Gasteiger partial charge < -0.3 is 4.74 Å². The van der Waals surface area contributed by atoms with Crippen molar-refractivity contribution in [2.75, 3.05) is 0 Å². The van der Waals surface area contributed by atoms with Crippen molar-refractivity contribution in [2.24, 2.45) is 0 Å². The average molecular weight is 194 g/mol. The standard InChI is InChI=1S/C9H7FN2O2/c10-9(14-5-13)8-6-3-1-2-4-7(6)11-12-8/h1-5,9H,(H,11,12). The zero-order valence-corrected chi connectivity index (χ0v) is 7.11. The highest BCUT2D eigenvalue weighted by Crippen LogP contribution is 2.24. The van der Waals surface area contributed by atoms with Crippen molar-refractivity contribution in [3.8, 4) is 0 Å². The number of rotatable bonds is 3. The van der Waals surface area contributed by atoms with Crippen molar-refractivity contribution in [3.63, 3.8) is 0 Å². The van der Waals surface area contributed by atoms with Gasteiger partial charge >= 0.3 is 0 Å². The topological polar surface area (TPSA) is 55.0 Å². The Balaban J connectivity index is 2.47. The number of H-pyrrole nitrogens is 1. The van der Waals surface area contributed by atoms with E-state index in [9.17, 15) is 9.18 Å². The second-order valence-electron chi connectivity index (χ2n) is 2.70. The van der Waals surface area contributed by atoms with Gasteiger partial charge in [0.2, 0.25) is 0 Å². The number of aromatic amines is 1. The van der Waals surface area contributed by atoms with Gasteiger partial charge in [-0.2, -0.15) is 9.49 Å². The van der Waals surface area contributed by atoms with Gasteiger partial charge in [0.25, 0.3) is 12.8 Å². The highest BCUT2D eigenvalue weighted by atomic mass is 19.1. The molecule has 1 aromatic heterocycles. The first-order valence-electron chi connectivity index (χ1n) is 3.99. The first kappa shape index (κ1) is 8.68. The van der Waals surface area contributed by atoms with Crippen LogP contribution in [0.2, 0.25) is 0 Å². The molecule has 0 fully saturated rings. The Bertz CT molecular complexity index is 455. The van der Waals surface area contributed by atoms with E-state index in [1.807, 2.05) is 0 Å². The summed E-state index contributed by atoms with van der Waals surface area (Å²) < 4.78 is 17.3. The number of hydrogen-bond acceptors (Lipinski definition) is 3. The van der Waals surface area contributed by atoms with Crippen LogP contribution in [0.5, 0.6) is 0 Å². The van der Waals surface area contributed by atoms with Crippen LogP contribution in [-0.4, -0.2) is 16.7 Å². The van der Waals surface area contributed by atoms with E-state index < -0.39 is 6.36 Å². The number of fused-ring (bicyclic) bond motifs is 1. The van der Waals surface area contributed by atoms with Gasteiger partial charge in [0.1, 0.15) is 5.69 Å². The Morgan fingerprint density at radius 1 is 1.50 bits per heavy atom. The summed E-state index contributed by atoms with van der Waals surface area (Å²) >= 11 is 0. The normalized spacial score (nSPS) is 12.6. The number of benzene rings is 1. The van der Waals surface area contributed by atoms with Crippen molar-refractivity contribution in [2.45, 2.75) is 6.36 Å². The molecule has 0 bridgehead atoms. The van der Waals surface area contributed by atoms with Crippen molar-refractivity contribution in [1.29, 1.82) is 0 Å². The summed E-state index contributed by atoms with van der Waals surface area (Å²) in [6.45, 7) is 0.0697. The third-order valence-electron chi connectivity index (χ3n) is 1.89. The molecule has 2 rings (SSSR count). The van der Waals surface area contributed by atoms with Crippen LogP contribution < -0.4 is 0 Å². The van der Waals surface area contributed by atoms with E-state index in [1.54, 1.807) is 24.3 Å². The molecule has 1 atom stereocenters. The monoisotopic (exact) mass is 194 g/mol. The molecule has 0 spiro atoms. The minimum Gasteiger partial charge on any atom is -0.427 e. The summed E-state index contributed by atoms with van der Waals surface area (Å²) in [4.78, 5) is 9.95. The molecule has 0 aliphatic carbocycles. The average Bonchev–Trinajstić information content (AvgIpc) is 2.61. The molecule has 0 aliphatic rings. The second-order valence-corrected chi connectivity index (χ2v) is 2.70. The molecule has 1 aromatic carbocycles. The number of nitrogens with one attached hydrogen (secondary N) is 1. The Hall–Kier alpha value is -1.91. The Morgan fingerprint density at radius 2 is 2.29 bits per heavy atom. The summed E-state index contributed by atoms with van der Waals surface area (Å²) in [7, 11) is 0. The molecule has 0 saturated heterocycles. The molecule has 0 aliphatic heterocycles. The number of alkyl halides is 1. The summed E-state index contributed by atoms with van der Waals surface area (Å²) in [6.07, 6.45) is -1.79. The number of carbonyl (C=O) groups excluding carboxylic acids is 1. The van der Waals surface area contributed by atoms with Gasteiger partial charge in [0.05, 0.1) is 5.52 Å². The van der Waals surface area contributed by atoms with Crippen LogP contribution >= 0.6 is 0 Å². The smallest absolute Gasteiger partial charge is 0.295 e. The molecule has 0 saturated carbocycles. The molecule has 1 unspecified atom stereocenters. The van der Waals surface area contributed by atoms with Crippen LogP contribution in [0.4, 0.5) is 4.39 Å². The molecular weight excluding hydrogens is 187 g/mol. The van der Waals surface area contributed by atoms with Gasteiger partial charge in [-0.1, -0.05) is 18.2 Å². The van der Waals surface area contributed by atoms with E-state index in [1.165, 1.54) is 0 Å². The van der Waals surface area contributed by atoms with Gasteiger partial charge in [0.15, 0.2) is 0 Å². The number of para-hydroxylation sites is 1. The summed E-state index contributed by atoms with van der Waals surface area (Å²) in [5.74, 6) is 0. The van der Waals surface area contributed by atoms with Gasteiger partial charge in [0, 0.05) is 5.39 Å². The first-order valence-corrected chi connectivity index (χ1v) is 3.99. The molecule has 5 heteroatoms. The Kier molecular flexibility index (Phi) is 2.14. The minimum absolute atomic E-state index is 0.0697. The zero-order chi connectivity index (χ0) is 9.97. The minimum atomic E-state index is -1.79. The fourth-order valence-corrected chi connectivity index (χ4v) is 1.27. The number of hydrogen-bond donors (Lipinski definition) is 1. The maximum Gasteiger partial charge on any atom is 0.295 e. The maximum absolute atomic E-state index is 13.2. The lowest BCUT2D eigenvalue weighted by atomic mass is 10.2. The summed E-state index contributed by atoms with van der Waals surface area (Å²) in [6, 6.07) is 6.99. The lowest BCUT2D eigenvalue weighted by molar-refractivity contribution is -0.142. The van der Waals surface area contributed by atoms with E-state index in [-0.39, 0.29) is 12.2 Å². The fraction of sp³-hybridized carbons (Fsp3) is 0.111. The van der Waals surface area contributed by atoms with Crippen molar-refractivity contribution in [3.05, 3.63) is 30.0 Å². The maximum atomic E-state index is 13.2. The predicted molar refractivity (Wildman–Crippen MR) is 47.1 cm³/mol. The number of ether oxygens (including phenoxy) is 1. The number of aromatic nitrogens is 2. The molecule has 4 nitrogen and oxygen atoms in total. The van der Waals surface area contributed by atoms with Crippen LogP contribution in [0.3, 0.4) is 0 Å². The largest absolute Gasteiger partial charge is 0.427 e. The van der Waals surface area contributed by atoms with Crippen molar-refractivity contribution >= 4 is 17.4 Å². The second kappa shape index (κ2) is 3.45. The SMILES string of the molecule is O=COC(F)c1[nH]nc2ccccc12. The van der Waals surface area contributed by atoms with Crippen LogP contribution in [0.1, 0.15) is 12.1 Å². The highest BCUT2D eigenvalue weighted by Gasteiger charge is 2.15. The molecule has 72 valence electrons. The molecular formula is C9H7FN2O2. The Morgan fingerprint density at radius 3 is 3.07 bits per heavy atom. The van der Waals surface area contributed by atoms with E-state index >= 15 is 0 Å². The summed E-state index contributed by atoms with van der Waals surface area (Å²) in [5.41, 5.74) is 0.798. The van der Waals surface area contributed by atoms with Crippen LogP contribution in [0.25, 0.3) is 10.9 Å². The zero-order valence-electron chi connectivity index (χ0n) is 7.11. The predicted octanol–water partition coefficient (Wildman–Crippen LogP) is 1.70. The number of carbonyl (C=O) groups is 1. The van der Waals surface area contributed by atoms with Gasteiger partial charge in [-0.15, -0.1) is 0 Å². The van der Waals surface area contributed by atoms with E-state index in [0.29, 0.717) is 10.9 Å². The lowest BCUT2D eigenvalue weighted by Crippen LogP contribution is -1.97. The van der Waals surface area contributed by atoms with Crippen LogP contribution in [0, 0.1) is 0 Å². The molecule has 0 amide bonds. The van der Waals surface area contributed by atoms with Gasteiger partial charge in [-0.3, -0.25) is 9.89 Å². The van der Waals surface area contributed by atoms with E-state index in [2.05, 4.69) is 14.9 Å². The quantitative estimate of drug-likeness (QED) is 0.756. The third kappa shape index (κ3) is 1.32. The van der Waals surface area contributed by atoms with Gasteiger partial charge in [-0.25, -0.2) is 0 Å². The number of halogens is 1. The van der Waals surface area contributed by atoms with Crippen molar-refractivity contribution in [1.82, 2.24) is 10.2 Å². The first-order chi connectivity index (χ1) is 6.83.